The molecule has 1 fully saturated rings. The van der Waals surface area contributed by atoms with Crippen molar-refractivity contribution in [2.75, 3.05) is 31.6 Å². The first-order valence-corrected chi connectivity index (χ1v) is 10.4. The van der Waals surface area contributed by atoms with E-state index < -0.39 is 5.41 Å². The van der Waals surface area contributed by atoms with Gasteiger partial charge in [0.15, 0.2) is 0 Å². The first-order chi connectivity index (χ1) is 14.4. The van der Waals surface area contributed by atoms with Crippen LogP contribution in [0.1, 0.15) is 25.6 Å². The van der Waals surface area contributed by atoms with Crippen molar-refractivity contribution >= 4 is 22.5 Å². The minimum absolute atomic E-state index is 0.0207. The minimum Gasteiger partial charge on any atom is -0.331 e. The first kappa shape index (κ1) is 20.5. The Morgan fingerprint density at radius 3 is 2.60 bits per heavy atom. The highest BCUT2D eigenvalue weighted by Crippen LogP contribution is 2.32. The van der Waals surface area contributed by atoms with Crippen LogP contribution in [0, 0.1) is 12.3 Å². The molecule has 0 saturated carbocycles. The van der Waals surface area contributed by atoms with Crippen molar-refractivity contribution in [3.63, 3.8) is 0 Å². The molecule has 3 heterocycles. The van der Waals surface area contributed by atoms with Crippen LogP contribution in [-0.2, 0) is 11.8 Å². The topological polar surface area (TPSA) is 63.1 Å². The van der Waals surface area contributed by atoms with E-state index in [0.717, 1.165) is 53.8 Å². The molecule has 0 spiro atoms. The molecule has 7 heteroatoms. The van der Waals surface area contributed by atoms with Crippen LogP contribution in [0.4, 0.5) is 10.2 Å². The lowest BCUT2D eigenvalue weighted by Gasteiger charge is -2.37. The number of rotatable bonds is 5. The van der Waals surface area contributed by atoms with Crippen LogP contribution < -0.4 is 5.32 Å². The Balaban J connectivity index is 1.53. The third kappa shape index (κ3) is 3.94. The largest absolute Gasteiger partial charge is 0.331 e. The normalized spacial score (nSPS) is 16.7. The Kier molecular flexibility index (Phi) is 5.56. The van der Waals surface area contributed by atoms with Gasteiger partial charge in [0.2, 0.25) is 5.91 Å². The fourth-order valence-corrected chi connectivity index (χ4v) is 4.02. The summed E-state index contributed by atoms with van der Waals surface area (Å²) in [4.78, 5) is 23.9. The van der Waals surface area contributed by atoms with Crippen LogP contribution in [0.5, 0.6) is 0 Å². The SMILES string of the molecule is Cc1ncc(-c2ccc3cnc(NC(=O)C4(C)CCN(CCF)CC4)cc3c2)n1C. The molecule has 6 nitrogen and oxygen atoms in total. The Morgan fingerprint density at radius 1 is 1.17 bits per heavy atom. The molecule has 3 aromatic rings. The van der Waals surface area contributed by atoms with E-state index in [1.165, 1.54) is 0 Å². The number of amides is 1. The second kappa shape index (κ2) is 8.14. The molecule has 0 radical (unpaired) electrons. The molecular formula is C23H28FN5O. The van der Waals surface area contributed by atoms with E-state index in [1.807, 2.05) is 39.2 Å². The number of halogens is 1. The van der Waals surface area contributed by atoms with Crippen molar-refractivity contribution in [3.05, 3.63) is 42.5 Å². The number of likely N-dealkylation sites (tertiary alicyclic amines) is 1. The van der Waals surface area contributed by atoms with Gasteiger partial charge in [-0.05, 0) is 50.4 Å². The molecule has 1 aliphatic rings. The molecule has 1 aliphatic heterocycles. The van der Waals surface area contributed by atoms with Gasteiger partial charge in [-0.2, -0.15) is 0 Å². The number of piperidine rings is 1. The molecule has 1 saturated heterocycles. The molecule has 0 bridgehead atoms. The second-order valence-corrected chi connectivity index (χ2v) is 8.43. The predicted octanol–water partition coefficient (Wildman–Crippen LogP) is 3.95. The van der Waals surface area contributed by atoms with Gasteiger partial charge >= 0.3 is 0 Å². The molecule has 0 unspecified atom stereocenters. The molecule has 30 heavy (non-hydrogen) atoms. The minimum atomic E-state index is -0.461. The zero-order chi connectivity index (χ0) is 21.3. The molecular weight excluding hydrogens is 381 g/mol. The quantitative estimate of drug-likeness (QED) is 0.693. The second-order valence-electron chi connectivity index (χ2n) is 8.43. The molecule has 0 aliphatic carbocycles. The maximum atomic E-state index is 13.0. The Morgan fingerprint density at radius 2 is 1.93 bits per heavy atom. The van der Waals surface area contributed by atoms with Crippen LogP contribution in [0.3, 0.4) is 0 Å². The lowest BCUT2D eigenvalue weighted by molar-refractivity contribution is -0.127. The molecule has 1 amide bonds. The van der Waals surface area contributed by atoms with Crippen LogP contribution in [0.15, 0.2) is 36.7 Å². The van der Waals surface area contributed by atoms with Gasteiger partial charge in [0.1, 0.15) is 18.3 Å². The summed E-state index contributed by atoms with van der Waals surface area (Å²) in [5, 5.41) is 5.03. The monoisotopic (exact) mass is 409 g/mol. The average molecular weight is 410 g/mol. The molecule has 2 aromatic heterocycles. The van der Waals surface area contributed by atoms with Crippen molar-refractivity contribution in [2.45, 2.75) is 26.7 Å². The van der Waals surface area contributed by atoms with Crippen molar-refractivity contribution in [1.82, 2.24) is 19.4 Å². The van der Waals surface area contributed by atoms with E-state index >= 15 is 0 Å². The smallest absolute Gasteiger partial charge is 0.231 e. The maximum absolute atomic E-state index is 13.0. The number of carbonyl (C=O) groups excluding carboxylic acids is 1. The van der Waals surface area contributed by atoms with Gasteiger partial charge in [-0.15, -0.1) is 0 Å². The first-order valence-electron chi connectivity index (χ1n) is 10.4. The number of imidazole rings is 1. The Hall–Kier alpha value is -2.80. The van der Waals surface area contributed by atoms with Gasteiger partial charge in [0, 0.05) is 36.2 Å². The highest BCUT2D eigenvalue weighted by Gasteiger charge is 2.36. The summed E-state index contributed by atoms with van der Waals surface area (Å²) in [6.07, 6.45) is 5.10. The Bertz CT molecular complexity index is 1070. The van der Waals surface area contributed by atoms with Gasteiger partial charge in [-0.25, -0.2) is 14.4 Å². The molecule has 0 atom stereocenters. The summed E-state index contributed by atoms with van der Waals surface area (Å²) in [6, 6.07) is 8.11. The number of pyridine rings is 1. The van der Waals surface area contributed by atoms with Crippen molar-refractivity contribution < 1.29 is 9.18 Å². The number of hydrogen-bond donors (Lipinski definition) is 1. The van der Waals surface area contributed by atoms with E-state index in [-0.39, 0.29) is 12.6 Å². The molecule has 4 rings (SSSR count). The number of fused-ring (bicyclic) bond motifs is 1. The van der Waals surface area contributed by atoms with Gasteiger partial charge in [-0.1, -0.05) is 19.1 Å². The number of hydrogen-bond acceptors (Lipinski definition) is 4. The summed E-state index contributed by atoms with van der Waals surface area (Å²) in [5.74, 6) is 1.49. The zero-order valence-corrected chi connectivity index (χ0v) is 17.8. The number of aromatic nitrogens is 3. The number of carbonyl (C=O) groups is 1. The van der Waals surface area contributed by atoms with Crippen LogP contribution >= 0.6 is 0 Å². The number of alkyl halides is 1. The van der Waals surface area contributed by atoms with E-state index in [0.29, 0.717) is 12.4 Å². The van der Waals surface area contributed by atoms with Crippen LogP contribution in [0.2, 0.25) is 0 Å². The third-order valence-corrected chi connectivity index (χ3v) is 6.39. The summed E-state index contributed by atoms with van der Waals surface area (Å²) >= 11 is 0. The van der Waals surface area contributed by atoms with Gasteiger partial charge in [0.05, 0.1) is 11.9 Å². The molecule has 1 aromatic carbocycles. The van der Waals surface area contributed by atoms with E-state index in [4.69, 9.17) is 0 Å². The van der Waals surface area contributed by atoms with E-state index in [2.05, 4.69) is 36.9 Å². The van der Waals surface area contributed by atoms with E-state index in [9.17, 15) is 9.18 Å². The third-order valence-electron chi connectivity index (χ3n) is 6.39. The van der Waals surface area contributed by atoms with E-state index in [1.54, 1.807) is 6.20 Å². The molecule has 1 N–H and O–H groups in total. The summed E-state index contributed by atoms with van der Waals surface area (Å²) in [5.41, 5.74) is 1.66. The standard InChI is InChI=1S/C23H28FN5O/c1-16-25-15-20(28(16)3)17-4-5-18-14-26-21(13-19(18)12-17)27-22(30)23(2)6-9-29(10-7-23)11-8-24/h4-5,12-15H,6-11H2,1-3H3,(H,26,27,30). The highest BCUT2D eigenvalue weighted by atomic mass is 19.1. The van der Waals surface area contributed by atoms with Crippen LogP contribution in [-0.4, -0.2) is 51.7 Å². The lowest BCUT2D eigenvalue weighted by Crippen LogP contribution is -2.45. The zero-order valence-electron chi connectivity index (χ0n) is 17.8. The number of aryl methyl sites for hydroxylation is 1. The summed E-state index contributed by atoms with van der Waals surface area (Å²) in [6.45, 7) is 5.55. The number of nitrogens with one attached hydrogen (secondary N) is 1. The van der Waals surface area contributed by atoms with Crippen molar-refractivity contribution in [2.24, 2.45) is 12.5 Å². The van der Waals surface area contributed by atoms with Gasteiger partial charge < -0.3 is 14.8 Å². The van der Waals surface area contributed by atoms with Gasteiger partial charge in [-0.3, -0.25) is 4.79 Å². The summed E-state index contributed by atoms with van der Waals surface area (Å²) in [7, 11) is 2.00. The fourth-order valence-electron chi connectivity index (χ4n) is 4.02. The number of nitrogens with zero attached hydrogens (tertiary/aromatic N) is 4. The molecule has 158 valence electrons. The van der Waals surface area contributed by atoms with Crippen molar-refractivity contribution in [3.8, 4) is 11.3 Å². The fraction of sp³-hybridized carbons (Fsp3) is 0.435. The average Bonchev–Trinajstić information content (AvgIpc) is 3.08. The lowest BCUT2D eigenvalue weighted by atomic mass is 9.79. The predicted molar refractivity (Wildman–Crippen MR) is 117 cm³/mol. The van der Waals surface area contributed by atoms with Crippen molar-refractivity contribution in [1.29, 1.82) is 0 Å². The Labute approximate surface area is 176 Å². The summed E-state index contributed by atoms with van der Waals surface area (Å²) < 4.78 is 14.6. The highest BCUT2D eigenvalue weighted by molar-refractivity contribution is 5.96. The number of anilines is 1. The maximum Gasteiger partial charge on any atom is 0.231 e. The van der Waals surface area contributed by atoms with Crippen LogP contribution in [0.25, 0.3) is 22.0 Å². The number of benzene rings is 1. The van der Waals surface area contributed by atoms with Gasteiger partial charge in [0.25, 0.3) is 0 Å².